The third-order valence-electron chi connectivity index (χ3n) is 4.89. The maximum Gasteiger partial charge on any atom is 0.232 e. The van der Waals surface area contributed by atoms with Crippen molar-refractivity contribution in [3.63, 3.8) is 0 Å². The molecule has 2 aromatic rings. The molecule has 1 spiro atoms. The summed E-state index contributed by atoms with van der Waals surface area (Å²) in [5, 5.41) is 2.77. The number of aryl methyl sites for hydroxylation is 1. The molecule has 2 aromatic heterocycles. The lowest BCUT2D eigenvalue weighted by Crippen LogP contribution is -2.23. The molecule has 7 nitrogen and oxygen atoms in total. The summed E-state index contributed by atoms with van der Waals surface area (Å²) in [6, 6.07) is 3.91. The number of hydrogen-bond acceptors (Lipinski definition) is 6. The number of pyridine rings is 1. The smallest absolute Gasteiger partial charge is 0.232 e. The Kier molecular flexibility index (Phi) is 3.42. The summed E-state index contributed by atoms with van der Waals surface area (Å²) >= 11 is 0. The van der Waals surface area contributed by atoms with E-state index in [9.17, 15) is 4.79 Å². The van der Waals surface area contributed by atoms with Crippen LogP contribution < -0.4 is 15.1 Å². The predicted octanol–water partition coefficient (Wildman–Crippen LogP) is 2.39. The summed E-state index contributed by atoms with van der Waals surface area (Å²) in [5.41, 5.74) is 3.38. The maximum atomic E-state index is 11.4. The molecule has 1 N–H and O–H groups in total. The molecule has 1 amide bonds. The molecule has 0 bridgehead atoms. The van der Waals surface area contributed by atoms with Gasteiger partial charge in [0.1, 0.15) is 11.6 Å². The van der Waals surface area contributed by atoms with E-state index in [2.05, 4.69) is 20.2 Å². The van der Waals surface area contributed by atoms with Crippen LogP contribution in [0, 0.1) is 6.92 Å². The Morgan fingerprint density at radius 3 is 2.68 bits per heavy atom. The minimum absolute atomic E-state index is 0.125. The van der Waals surface area contributed by atoms with Crippen LogP contribution in [-0.4, -0.2) is 41.5 Å². The van der Waals surface area contributed by atoms with Crippen molar-refractivity contribution < 1.29 is 4.79 Å². The fourth-order valence-electron chi connectivity index (χ4n) is 3.44. The van der Waals surface area contributed by atoms with E-state index in [1.165, 1.54) is 12.5 Å². The molecular weight excluding hydrogens is 316 g/mol. The van der Waals surface area contributed by atoms with Gasteiger partial charge in [-0.3, -0.25) is 4.79 Å². The molecule has 1 saturated carbocycles. The quantitative estimate of drug-likeness (QED) is 0.926. The van der Waals surface area contributed by atoms with E-state index in [0.717, 1.165) is 36.6 Å². The summed E-state index contributed by atoms with van der Waals surface area (Å²) in [5.74, 6) is 2.03. The summed E-state index contributed by atoms with van der Waals surface area (Å²) in [7, 11) is 3.95. The lowest BCUT2D eigenvalue weighted by Gasteiger charge is -2.21. The molecule has 7 heteroatoms. The summed E-state index contributed by atoms with van der Waals surface area (Å²) < 4.78 is 0. The first-order valence-corrected chi connectivity index (χ1v) is 8.47. The van der Waals surface area contributed by atoms with Gasteiger partial charge in [0.2, 0.25) is 11.9 Å². The van der Waals surface area contributed by atoms with Crippen molar-refractivity contribution in [2.45, 2.75) is 32.1 Å². The number of fused-ring (bicyclic) bond motifs is 2. The van der Waals surface area contributed by atoms with Crippen molar-refractivity contribution in [2.24, 2.45) is 0 Å². The first-order chi connectivity index (χ1) is 11.9. The topological polar surface area (TPSA) is 74.2 Å². The van der Waals surface area contributed by atoms with E-state index in [-0.39, 0.29) is 11.3 Å². The standard InChI is InChI=1S/C18H22N6O/c1-11-7-16(23(3)4)22-17(20-11)24-10-18(5-6-18)13-9-19-15(8-14(13)24)21-12(2)25/h7-9H,5-6,10H2,1-4H3,(H,19,21,25). The van der Waals surface area contributed by atoms with Crippen LogP contribution in [0.2, 0.25) is 0 Å². The van der Waals surface area contributed by atoms with Crippen LogP contribution in [0.1, 0.15) is 31.0 Å². The third-order valence-corrected chi connectivity index (χ3v) is 4.89. The molecule has 0 saturated heterocycles. The lowest BCUT2D eigenvalue weighted by atomic mass is 10.0. The van der Waals surface area contributed by atoms with E-state index < -0.39 is 0 Å². The molecule has 0 aromatic carbocycles. The van der Waals surface area contributed by atoms with Gasteiger partial charge in [0, 0.05) is 62.6 Å². The number of amides is 1. The fourth-order valence-corrected chi connectivity index (χ4v) is 3.44. The van der Waals surface area contributed by atoms with Gasteiger partial charge in [-0.2, -0.15) is 4.98 Å². The van der Waals surface area contributed by atoms with Crippen LogP contribution in [0.5, 0.6) is 0 Å². The van der Waals surface area contributed by atoms with Crippen LogP contribution in [-0.2, 0) is 10.2 Å². The van der Waals surface area contributed by atoms with Crippen LogP contribution in [0.25, 0.3) is 0 Å². The van der Waals surface area contributed by atoms with E-state index in [4.69, 9.17) is 4.98 Å². The van der Waals surface area contributed by atoms with Crippen LogP contribution in [0.4, 0.5) is 23.3 Å². The zero-order valence-electron chi connectivity index (χ0n) is 15.0. The Bertz CT molecular complexity index is 859. The first-order valence-electron chi connectivity index (χ1n) is 8.47. The Balaban J connectivity index is 1.79. The highest BCUT2D eigenvalue weighted by Gasteiger charge is 2.53. The van der Waals surface area contributed by atoms with Crippen LogP contribution in [0.3, 0.4) is 0 Å². The normalized spacial score (nSPS) is 16.7. The van der Waals surface area contributed by atoms with Gasteiger partial charge in [0.25, 0.3) is 0 Å². The number of rotatable bonds is 3. The van der Waals surface area contributed by atoms with Crippen LogP contribution >= 0.6 is 0 Å². The highest BCUT2D eigenvalue weighted by molar-refractivity contribution is 5.88. The van der Waals surface area contributed by atoms with E-state index >= 15 is 0 Å². The largest absolute Gasteiger partial charge is 0.363 e. The SMILES string of the molecule is CC(=O)Nc1cc2c(cn1)C1(CC1)CN2c1nc(C)cc(N(C)C)n1. The number of carbonyl (C=O) groups excluding carboxylic acids is 1. The Hall–Kier alpha value is -2.70. The lowest BCUT2D eigenvalue weighted by molar-refractivity contribution is -0.114. The molecule has 0 radical (unpaired) electrons. The molecule has 0 atom stereocenters. The van der Waals surface area contributed by atoms with Crippen molar-refractivity contribution in [1.29, 1.82) is 0 Å². The Morgan fingerprint density at radius 1 is 1.28 bits per heavy atom. The summed E-state index contributed by atoms with van der Waals surface area (Å²) in [6.07, 6.45) is 4.21. The maximum absolute atomic E-state index is 11.4. The second-order valence-corrected chi connectivity index (χ2v) is 7.20. The van der Waals surface area contributed by atoms with Gasteiger partial charge in [0.15, 0.2) is 0 Å². The molecular formula is C18H22N6O. The number of hydrogen-bond donors (Lipinski definition) is 1. The van der Waals surface area contributed by atoms with Crippen molar-refractivity contribution >= 4 is 29.2 Å². The van der Waals surface area contributed by atoms with Crippen molar-refractivity contribution in [3.8, 4) is 0 Å². The molecule has 1 fully saturated rings. The summed E-state index contributed by atoms with van der Waals surface area (Å²) in [6.45, 7) is 4.34. The second-order valence-electron chi connectivity index (χ2n) is 7.20. The monoisotopic (exact) mass is 338 g/mol. The van der Waals surface area contributed by atoms with E-state index in [1.54, 1.807) is 0 Å². The van der Waals surface area contributed by atoms with E-state index in [0.29, 0.717) is 11.8 Å². The molecule has 25 heavy (non-hydrogen) atoms. The van der Waals surface area contributed by atoms with Crippen molar-refractivity contribution in [2.75, 3.05) is 35.8 Å². The highest BCUT2D eigenvalue weighted by Crippen LogP contribution is 2.57. The van der Waals surface area contributed by atoms with Gasteiger partial charge in [0.05, 0.1) is 5.69 Å². The zero-order valence-corrected chi connectivity index (χ0v) is 15.0. The Morgan fingerprint density at radius 2 is 2.04 bits per heavy atom. The molecule has 1 aliphatic carbocycles. The minimum Gasteiger partial charge on any atom is -0.363 e. The van der Waals surface area contributed by atoms with Gasteiger partial charge in [-0.1, -0.05) is 0 Å². The van der Waals surface area contributed by atoms with Crippen LogP contribution in [0.15, 0.2) is 18.3 Å². The Labute approximate surface area is 147 Å². The van der Waals surface area contributed by atoms with Gasteiger partial charge < -0.3 is 15.1 Å². The number of aromatic nitrogens is 3. The fraction of sp³-hybridized carbons (Fsp3) is 0.444. The van der Waals surface area contributed by atoms with E-state index in [1.807, 2.05) is 44.2 Å². The molecule has 2 aliphatic rings. The molecule has 0 unspecified atom stereocenters. The number of nitrogens with zero attached hydrogens (tertiary/aromatic N) is 5. The zero-order chi connectivity index (χ0) is 17.8. The van der Waals surface area contributed by atoms with Gasteiger partial charge in [-0.15, -0.1) is 0 Å². The third kappa shape index (κ3) is 2.69. The molecule has 3 heterocycles. The minimum atomic E-state index is -0.125. The average molecular weight is 338 g/mol. The van der Waals surface area contributed by atoms with Gasteiger partial charge in [-0.25, -0.2) is 9.97 Å². The number of carbonyl (C=O) groups is 1. The molecule has 130 valence electrons. The highest BCUT2D eigenvalue weighted by atomic mass is 16.1. The van der Waals surface area contributed by atoms with Gasteiger partial charge >= 0.3 is 0 Å². The van der Waals surface area contributed by atoms with Crippen molar-refractivity contribution in [1.82, 2.24) is 15.0 Å². The first kappa shape index (κ1) is 15.8. The average Bonchev–Trinajstić information content (AvgIpc) is 3.24. The van der Waals surface area contributed by atoms with Gasteiger partial charge in [-0.05, 0) is 19.8 Å². The second kappa shape index (κ2) is 5.40. The predicted molar refractivity (Wildman–Crippen MR) is 97.6 cm³/mol. The number of anilines is 4. The molecule has 1 aliphatic heterocycles. The van der Waals surface area contributed by atoms with Crippen molar-refractivity contribution in [3.05, 3.63) is 29.6 Å². The molecule has 4 rings (SSSR count). The number of nitrogens with one attached hydrogen (secondary N) is 1. The summed E-state index contributed by atoms with van der Waals surface area (Å²) in [4.78, 5) is 29.3.